The number of methoxy groups -OCH3 is 3. The van der Waals surface area contributed by atoms with Gasteiger partial charge in [0.15, 0.2) is 17.6 Å². The molecule has 0 aliphatic rings. The quantitative estimate of drug-likeness (QED) is 0.390. The molecular formula is C21H21FO6. The minimum Gasteiger partial charge on any atom is -0.493 e. The third-order valence-corrected chi connectivity index (χ3v) is 3.89. The summed E-state index contributed by atoms with van der Waals surface area (Å²) in [5.74, 6) is -0.256. The van der Waals surface area contributed by atoms with Crippen LogP contribution in [0.1, 0.15) is 22.8 Å². The lowest BCUT2D eigenvalue weighted by atomic mass is 10.1. The first-order valence-electron chi connectivity index (χ1n) is 8.38. The number of ketones is 1. The lowest BCUT2D eigenvalue weighted by molar-refractivity contribution is -0.140. The maximum absolute atomic E-state index is 12.9. The van der Waals surface area contributed by atoms with Crippen molar-refractivity contribution in [1.29, 1.82) is 0 Å². The molecule has 6 nitrogen and oxygen atoms in total. The third kappa shape index (κ3) is 5.09. The van der Waals surface area contributed by atoms with E-state index in [2.05, 4.69) is 0 Å². The van der Waals surface area contributed by atoms with Gasteiger partial charge in [0.1, 0.15) is 5.82 Å². The number of benzene rings is 2. The van der Waals surface area contributed by atoms with Crippen LogP contribution in [0.4, 0.5) is 4.39 Å². The van der Waals surface area contributed by atoms with Crippen LogP contribution in [-0.4, -0.2) is 39.2 Å². The van der Waals surface area contributed by atoms with Crippen molar-refractivity contribution < 1.29 is 32.9 Å². The number of ether oxygens (including phenoxy) is 4. The summed E-state index contributed by atoms with van der Waals surface area (Å²) in [5, 5.41) is 0. The zero-order valence-electron chi connectivity index (χ0n) is 16.0. The van der Waals surface area contributed by atoms with Gasteiger partial charge in [0.25, 0.3) is 0 Å². The Labute approximate surface area is 162 Å². The van der Waals surface area contributed by atoms with Crippen molar-refractivity contribution >= 4 is 17.8 Å². The highest BCUT2D eigenvalue weighted by Crippen LogP contribution is 2.38. The minimum absolute atomic E-state index is 0.260. The first-order chi connectivity index (χ1) is 13.4. The maximum atomic E-state index is 12.9. The van der Waals surface area contributed by atoms with Crippen LogP contribution in [0.25, 0.3) is 6.08 Å². The number of carbonyl (C=O) groups is 2. The summed E-state index contributed by atoms with van der Waals surface area (Å²) in [5.41, 5.74) is 0.874. The molecule has 0 aliphatic heterocycles. The lowest BCUT2D eigenvalue weighted by Gasteiger charge is -2.13. The predicted octanol–water partition coefficient (Wildman–Crippen LogP) is 3.68. The van der Waals surface area contributed by atoms with Crippen molar-refractivity contribution in [3.05, 3.63) is 59.4 Å². The Morgan fingerprint density at radius 2 is 1.54 bits per heavy atom. The number of hydrogen-bond acceptors (Lipinski definition) is 6. The lowest BCUT2D eigenvalue weighted by Crippen LogP contribution is -2.23. The van der Waals surface area contributed by atoms with Crippen LogP contribution in [0.2, 0.25) is 0 Å². The fourth-order valence-electron chi connectivity index (χ4n) is 2.48. The van der Waals surface area contributed by atoms with Gasteiger partial charge in [0, 0.05) is 11.6 Å². The van der Waals surface area contributed by atoms with Crippen LogP contribution in [0.5, 0.6) is 17.2 Å². The summed E-state index contributed by atoms with van der Waals surface area (Å²) in [7, 11) is 4.47. The van der Waals surface area contributed by atoms with Gasteiger partial charge in [-0.25, -0.2) is 9.18 Å². The highest BCUT2D eigenvalue weighted by Gasteiger charge is 2.18. The van der Waals surface area contributed by atoms with E-state index in [1.165, 1.54) is 64.7 Å². The molecule has 0 aromatic heterocycles. The molecule has 0 fully saturated rings. The van der Waals surface area contributed by atoms with Gasteiger partial charge in [-0.05, 0) is 55.0 Å². The first-order valence-corrected chi connectivity index (χ1v) is 8.38. The highest BCUT2D eigenvalue weighted by molar-refractivity contribution is 6.01. The molecule has 0 radical (unpaired) electrons. The summed E-state index contributed by atoms with van der Waals surface area (Å²) in [4.78, 5) is 24.3. The van der Waals surface area contributed by atoms with E-state index in [4.69, 9.17) is 18.9 Å². The van der Waals surface area contributed by atoms with Crippen molar-refractivity contribution in [2.45, 2.75) is 13.0 Å². The normalized spacial score (nSPS) is 11.8. The molecule has 28 heavy (non-hydrogen) atoms. The number of Topliss-reactive ketones (excluding diaryl/α,β-unsaturated/α-hetero) is 1. The Morgan fingerprint density at radius 1 is 0.964 bits per heavy atom. The van der Waals surface area contributed by atoms with Gasteiger partial charge >= 0.3 is 5.97 Å². The molecule has 1 atom stereocenters. The van der Waals surface area contributed by atoms with E-state index in [0.717, 1.165) is 0 Å². The molecule has 7 heteroatoms. The van der Waals surface area contributed by atoms with Gasteiger partial charge < -0.3 is 18.9 Å². The largest absolute Gasteiger partial charge is 0.493 e. The van der Waals surface area contributed by atoms with Gasteiger partial charge in [-0.3, -0.25) is 4.79 Å². The SMILES string of the molecule is COc1cc(/C=C/C(=O)O[C@H](C)C(=O)c2ccc(F)cc2)cc(OC)c1OC. The molecule has 0 amide bonds. The summed E-state index contributed by atoms with van der Waals surface area (Å²) in [6, 6.07) is 8.36. The standard InChI is InChI=1S/C21H21FO6/c1-13(20(24)15-6-8-16(22)9-7-15)28-19(23)10-5-14-11-17(25-2)21(27-4)18(12-14)26-3/h5-13H,1-4H3/b10-5+/t13-/m1/s1. The van der Waals surface area contributed by atoms with E-state index in [-0.39, 0.29) is 5.56 Å². The minimum atomic E-state index is -1.01. The van der Waals surface area contributed by atoms with Gasteiger partial charge in [0.05, 0.1) is 21.3 Å². The molecule has 2 aromatic carbocycles. The Balaban J connectivity index is 2.08. The molecule has 2 rings (SSSR count). The van der Waals surface area contributed by atoms with Gasteiger partial charge in [-0.2, -0.15) is 0 Å². The second-order valence-corrected chi connectivity index (χ2v) is 5.74. The molecule has 0 spiro atoms. The average molecular weight is 388 g/mol. The van der Waals surface area contributed by atoms with E-state index in [1.54, 1.807) is 12.1 Å². The Kier molecular flexibility index (Phi) is 7.14. The fourth-order valence-corrected chi connectivity index (χ4v) is 2.48. The molecule has 0 saturated carbocycles. The highest BCUT2D eigenvalue weighted by atomic mass is 19.1. The van der Waals surface area contributed by atoms with Gasteiger partial charge in [-0.1, -0.05) is 0 Å². The monoisotopic (exact) mass is 388 g/mol. The second kappa shape index (κ2) is 9.55. The topological polar surface area (TPSA) is 71.1 Å². The molecule has 148 valence electrons. The van der Waals surface area contributed by atoms with Crippen molar-refractivity contribution in [2.24, 2.45) is 0 Å². The van der Waals surface area contributed by atoms with Crippen LogP contribution in [0.15, 0.2) is 42.5 Å². The Morgan fingerprint density at radius 3 is 2.04 bits per heavy atom. The van der Waals surface area contributed by atoms with E-state index >= 15 is 0 Å². The van der Waals surface area contributed by atoms with E-state index < -0.39 is 23.7 Å². The molecule has 0 saturated heterocycles. The number of hydrogen-bond donors (Lipinski definition) is 0. The number of esters is 1. The van der Waals surface area contributed by atoms with Crippen molar-refractivity contribution in [1.82, 2.24) is 0 Å². The molecule has 0 bridgehead atoms. The zero-order chi connectivity index (χ0) is 20.7. The summed E-state index contributed by atoms with van der Waals surface area (Å²) in [6.45, 7) is 1.46. The second-order valence-electron chi connectivity index (χ2n) is 5.74. The van der Waals surface area contributed by atoms with Gasteiger partial charge in [0.2, 0.25) is 11.5 Å². The van der Waals surface area contributed by atoms with Crippen molar-refractivity contribution in [3.8, 4) is 17.2 Å². The Hall–Kier alpha value is -3.35. The van der Waals surface area contributed by atoms with Gasteiger partial charge in [-0.15, -0.1) is 0 Å². The predicted molar refractivity (Wildman–Crippen MR) is 101 cm³/mol. The molecule has 0 heterocycles. The van der Waals surface area contributed by atoms with E-state index in [9.17, 15) is 14.0 Å². The average Bonchev–Trinajstić information content (AvgIpc) is 2.71. The van der Waals surface area contributed by atoms with Crippen molar-refractivity contribution in [2.75, 3.05) is 21.3 Å². The van der Waals surface area contributed by atoms with Crippen molar-refractivity contribution in [3.63, 3.8) is 0 Å². The fraction of sp³-hybridized carbons (Fsp3) is 0.238. The van der Waals surface area contributed by atoms with Crippen LogP contribution < -0.4 is 14.2 Å². The smallest absolute Gasteiger partial charge is 0.331 e. The maximum Gasteiger partial charge on any atom is 0.331 e. The summed E-state index contributed by atoms with van der Waals surface area (Å²) < 4.78 is 33.8. The van der Waals surface area contributed by atoms with Crippen LogP contribution >= 0.6 is 0 Å². The molecule has 0 aliphatic carbocycles. The molecule has 2 aromatic rings. The summed E-state index contributed by atoms with van der Waals surface area (Å²) >= 11 is 0. The van der Waals surface area contributed by atoms with Crippen LogP contribution in [0, 0.1) is 5.82 Å². The Bertz CT molecular complexity index is 848. The number of carbonyl (C=O) groups excluding carboxylic acids is 2. The van der Waals surface area contributed by atoms with Crippen LogP contribution in [0.3, 0.4) is 0 Å². The summed E-state index contributed by atoms with van der Waals surface area (Å²) in [6.07, 6.45) is 1.68. The van der Waals surface area contributed by atoms with Crippen LogP contribution in [-0.2, 0) is 9.53 Å². The molecular weight excluding hydrogens is 367 g/mol. The number of rotatable bonds is 8. The third-order valence-electron chi connectivity index (χ3n) is 3.89. The van der Waals surface area contributed by atoms with E-state index in [0.29, 0.717) is 22.8 Å². The molecule has 0 unspecified atom stereocenters. The number of halogens is 1. The molecule has 0 N–H and O–H groups in total. The first kappa shape index (κ1) is 21.0. The van der Waals surface area contributed by atoms with E-state index in [1.807, 2.05) is 0 Å². The zero-order valence-corrected chi connectivity index (χ0v) is 16.0.